The van der Waals surface area contributed by atoms with Crippen LogP contribution in [0.2, 0.25) is 0 Å². The number of hydrogen-bond donors (Lipinski definition) is 1. The summed E-state index contributed by atoms with van der Waals surface area (Å²) in [7, 11) is 0. The van der Waals surface area contributed by atoms with Crippen molar-refractivity contribution in [3.8, 4) is 0 Å². The van der Waals surface area contributed by atoms with E-state index in [1.165, 1.54) is 0 Å². The lowest BCUT2D eigenvalue weighted by Crippen LogP contribution is -2.17. The Kier molecular flexibility index (Phi) is 8.86. The van der Waals surface area contributed by atoms with Crippen molar-refractivity contribution in [3.63, 3.8) is 0 Å². The minimum atomic E-state index is -0.599. The highest BCUT2D eigenvalue weighted by Crippen LogP contribution is 2.05. The van der Waals surface area contributed by atoms with Gasteiger partial charge in [-0.3, -0.25) is 4.79 Å². The number of aliphatic hydroxyl groups is 1. The molecule has 6 heteroatoms. The summed E-state index contributed by atoms with van der Waals surface area (Å²) in [5, 5.41) is 8.43. The normalized spacial score (nSPS) is 10.2. The average Bonchev–Trinajstić information content (AvgIpc) is 2.27. The van der Waals surface area contributed by atoms with Crippen LogP contribution < -0.4 is 0 Å². The highest BCUT2D eigenvalue weighted by molar-refractivity contribution is 5.93. The first-order valence-corrected chi connectivity index (χ1v) is 5.70. The van der Waals surface area contributed by atoms with Gasteiger partial charge in [-0.2, -0.15) is 0 Å². The lowest BCUT2D eigenvalue weighted by atomic mass is 10.2. The zero-order chi connectivity index (χ0) is 14.0. The van der Waals surface area contributed by atoms with E-state index in [0.29, 0.717) is 0 Å². The van der Waals surface area contributed by atoms with Crippen molar-refractivity contribution in [1.82, 2.24) is 0 Å². The third-order valence-electron chi connectivity index (χ3n) is 1.72. The molecule has 0 bridgehead atoms. The van der Waals surface area contributed by atoms with E-state index in [9.17, 15) is 9.59 Å². The number of ether oxygens (including phenoxy) is 3. The summed E-state index contributed by atoms with van der Waals surface area (Å²) in [4.78, 5) is 22.6. The molecule has 0 unspecified atom stereocenters. The van der Waals surface area contributed by atoms with E-state index in [0.717, 1.165) is 0 Å². The Labute approximate surface area is 107 Å². The van der Waals surface area contributed by atoms with Gasteiger partial charge >= 0.3 is 11.9 Å². The van der Waals surface area contributed by atoms with Crippen LogP contribution in [-0.4, -0.2) is 49.6 Å². The molecular formula is C12H20O6. The Morgan fingerprint density at radius 2 is 1.89 bits per heavy atom. The molecule has 0 aromatic heterocycles. The van der Waals surface area contributed by atoms with Gasteiger partial charge in [0.2, 0.25) is 0 Å². The van der Waals surface area contributed by atoms with Crippen LogP contribution in [0, 0.1) is 0 Å². The Hall–Kier alpha value is -1.40. The molecule has 18 heavy (non-hydrogen) atoms. The van der Waals surface area contributed by atoms with Gasteiger partial charge < -0.3 is 19.3 Å². The minimum Gasteiger partial charge on any atom is -0.463 e. The molecule has 0 rings (SSSR count). The standard InChI is InChI=1S/C12H20O6/c1-9(2)18-12(15)10(3)8-11(14)17-7-6-16-5-4-13/h9,13H,3-8H2,1-2H3. The second kappa shape index (κ2) is 9.61. The van der Waals surface area contributed by atoms with Gasteiger partial charge in [0.05, 0.1) is 32.3 Å². The van der Waals surface area contributed by atoms with Gasteiger partial charge in [0.1, 0.15) is 6.61 Å². The van der Waals surface area contributed by atoms with Crippen molar-refractivity contribution in [2.24, 2.45) is 0 Å². The van der Waals surface area contributed by atoms with E-state index in [1.807, 2.05) is 0 Å². The lowest BCUT2D eigenvalue weighted by Gasteiger charge is -2.09. The molecular weight excluding hydrogens is 240 g/mol. The van der Waals surface area contributed by atoms with Gasteiger partial charge in [-0.25, -0.2) is 4.79 Å². The smallest absolute Gasteiger partial charge is 0.334 e. The summed E-state index contributed by atoms with van der Waals surface area (Å²) in [6, 6.07) is 0. The molecule has 0 saturated carbocycles. The number of carbonyl (C=O) groups excluding carboxylic acids is 2. The highest BCUT2D eigenvalue weighted by Gasteiger charge is 2.15. The molecule has 0 amide bonds. The van der Waals surface area contributed by atoms with Crippen molar-refractivity contribution in [2.45, 2.75) is 26.4 Å². The molecule has 1 N–H and O–H groups in total. The third kappa shape index (κ3) is 8.72. The van der Waals surface area contributed by atoms with Crippen LogP contribution in [0.1, 0.15) is 20.3 Å². The lowest BCUT2D eigenvalue weighted by molar-refractivity contribution is -0.148. The van der Waals surface area contributed by atoms with Gasteiger partial charge in [0.25, 0.3) is 0 Å². The number of rotatable bonds is 9. The molecule has 0 aliphatic carbocycles. The third-order valence-corrected chi connectivity index (χ3v) is 1.72. The van der Waals surface area contributed by atoms with Crippen LogP contribution in [0.15, 0.2) is 12.2 Å². The van der Waals surface area contributed by atoms with E-state index in [2.05, 4.69) is 6.58 Å². The summed E-state index contributed by atoms with van der Waals surface area (Å²) in [5.74, 6) is -1.16. The van der Waals surface area contributed by atoms with Gasteiger partial charge in [-0.1, -0.05) is 6.58 Å². The Morgan fingerprint density at radius 3 is 2.44 bits per heavy atom. The van der Waals surface area contributed by atoms with Gasteiger partial charge in [0.15, 0.2) is 0 Å². The molecule has 0 aromatic rings. The molecule has 0 radical (unpaired) electrons. The van der Waals surface area contributed by atoms with Crippen molar-refractivity contribution in [3.05, 3.63) is 12.2 Å². The molecule has 104 valence electrons. The molecule has 0 fully saturated rings. The summed E-state index contributed by atoms with van der Waals surface area (Å²) >= 11 is 0. The fourth-order valence-corrected chi connectivity index (χ4v) is 0.976. The SMILES string of the molecule is C=C(CC(=O)OCCOCCO)C(=O)OC(C)C. The highest BCUT2D eigenvalue weighted by atomic mass is 16.6. The molecule has 0 atom stereocenters. The van der Waals surface area contributed by atoms with Crippen LogP contribution in [0.3, 0.4) is 0 Å². The number of carbonyl (C=O) groups is 2. The molecule has 0 spiro atoms. The monoisotopic (exact) mass is 260 g/mol. The maximum absolute atomic E-state index is 11.3. The van der Waals surface area contributed by atoms with Crippen LogP contribution in [0.5, 0.6) is 0 Å². The van der Waals surface area contributed by atoms with E-state index in [1.54, 1.807) is 13.8 Å². The predicted molar refractivity (Wildman–Crippen MR) is 63.8 cm³/mol. The summed E-state index contributed by atoms with van der Waals surface area (Å²) in [6.07, 6.45) is -0.455. The fourth-order valence-electron chi connectivity index (χ4n) is 0.976. The topological polar surface area (TPSA) is 82.1 Å². The van der Waals surface area contributed by atoms with Gasteiger partial charge in [-0.15, -0.1) is 0 Å². The number of aliphatic hydroxyl groups excluding tert-OH is 1. The first kappa shape index (κ1) is 16.6. The Morgan fingerprint density at radius 1 is 1.22 bits per heavy atom. The van der Waals surface area contributed by atoms with Crippen LogP contribution >= 0.6 is 0 Å². The van der Waals surface area contributed by atoms with E-state index in [4.69, 9.17) is 19.3 Å². The minimum absolute atomic E-state index is 0.0602. The molecule has 0 aliphatic rings. The molecule has 0 aliphatic heterocycles. The van der Waals surface area contributed by atoms with Gasteiger partial charge in [0, 0.05) is 5.57 Å². The second-order valence-corrected chi connectivity index (χ2v) is 3.79. The average molecular weight is 260 g/mol. The first-order valence-electron chi connectivity index (χ1n) is 5.70. The van der Waals surface area contributed by atoms with Gasteiger partial charge in [-0.05, 0) is 13.8 Å². The quantitative estimate of drug-likeness (QED) is 0.368. The maximum atomic E-state index is 11.3. The summed E-state index contributed by atoms with van der Waals surface area (Å²) < 4.78 is 14.6. The molecule has 0 aromatic carbocycles. The van der Waals surface area contributed by atoms with Crippen molar-refractivity contribution >= 4 is 11.9 Å². The van der Waals surface area contributed by atoms with Crippen molar-refractivity contribution < 1.29 is 28.9 Å². The summed E-state index contributed by atoms with van der Waals surface area (Å²) in [6.45, 7) is 7.29. The van der Waals surface area contributed by atoms with E-state index in [-0.39, 0.29) is 44.5 Å². The fraction of sp³-hybridized carbons (Fsp3) is 0.667. The number of esters is 2. The van der Waals surface area contributed by atoms with E-state index < -0.39 is 11.9 Å². The van der Waals surface area contributed by atoms with Crippen molar-refractivity contribution in [2.75, 3.05) is 26.4 Å². The van der Waals surface area contributed by atoms with Crippen LogP contribution in [-0.2, 0) is 23.8 Å². The predicted octanol–water partition coefficient (Wildman–Crippen LogP) is 0.436. The summed E-state index contributed by atoms with van der Waals surface area (Å²) in [5.41, 5.74) is 0.0602. The zero-order valence-corrected chi connectivity index (χ0v) is 10.8. The van der Waals surface area contributed by atoms with Crippen LogP contribution in [0.4, 0.5) is 0 Å². The first-order chi connectivity index (χ1) is 8.47. The maximum Gasteiger partial charge on any atom is 0.334 e. The molecule has 0 heterocycles. The van der Waals surface area contributed by atoms with E-state index >= 15 is 0 Å². The molecule has 0 saturated heterocycles. The Balaban J connectivity index is 3.74. The second-order valence-electron chi connectivity index (χ2n) is 3.79. The number of hydrogen-bond acceptors (Lipinski definition) is 6. The largest absolute Gasteiger partial charge is 0.463 e. The zero-order valence-electron chi connectivity index (χ0n) is 10.8. The molecule has 6 nitrogen and oxygen atoms in total. The van der Waals surface area contributed by atoms with Crippen LogP contribution in [0.25, 0.3) is 0 Å². The Bertz CT molecular complexity index is 284. The van der Waals surface area contributed by atoms with Crippen molar-refractivity contribution in [1.29, 1.82) is 0 Å².